The maximum atomic E-state index is 8.12. The maximum absolute atomic E-state index is 8.12. The SMILES string of the molecule is CCc1nc(N2CCOCC2)sc1CC.O=C=O. The largest absolute Gasteiger partial charge is 0.378 e. The molecule has 0 saturated carbocycles. The third kappa shape index (κ3) is 3.91. The van der Waals surface area contributed by atoms with Crippen LogP contribution < -0.4 is 4.90 Å². The van der Waals surface area contributed by atoms with Crippen LogP contribution in [0.15, 0.2) is 0 Å². The lowest BCUT2D eigenvalue weighted by molar-refractivity contribution is -0.191. The molecule has 0 amide bonds. The second-order valence-electron chi connectivity index (χ2n) is 3.76. The molecule has 0 atom stereocenters. The van der Waals surface area contributed by atoms with E-state index in [4.69, 9.17) is 19.3 Å². The highest BCUT2D eigenvalue weighted by atomic mass is 32.1. The van der Waals surface area contributed by atoms with Gasteiger partial charge in [0.1, 0.15) is 0 Å². The number of aryl methyl sites for hydroxylation is 2. The van der Waals surface area contributed by atoms with E-state index in [1.165, 1.54) is 15.7 Å². The third-order valence-corrected chi connectivity index (χ3v) is 4.01. The molecule has 0 spiro atoms. The van der Waals surface area contributed by atoms with Gasteiger partial charge in [-0.1, -0.05) is 13.8 Å². The maximum Gasteiger partial charge on any atom is 0.373 e. The predicted octanol–water partition coefficient (Wildman–Crippen LogP) is 1.52. The molecule has 6 heteroatoms. The minimum Gasteiger partial charge on any atom is -0.378 e. The molecule has 100 valence electrons. The van der Waals surface area contributed by atoms with Gasteiger partial charge in [-0.2, -0.15) is 9.59 Å². The van der Waals surface area contributed by atoms with E-state index in [-0.39, 0.29) is 6.15 Å². The zero-order valence-electron chi connectivity index (χ0n) is 10.8. The van der Waals surface area contributed by atoms with E-state index >= 15 is 0 Å². The number of ether oxygens (including phenoxy) is 1. The zero-order valence-corrected chi connectivity index (χ0v) is 11.6. The van der Waals surface area contributed by atoms with E-state index in [0.717, 1.165) is 39.1 Å². The number of morpholine rings is 1. The van der Waals surface area contributed by atoms with Crippen molar-refractivity contribution < 1.29 is 14.3 Å². The lowest BCUT2D eigenvalue weighted by atomic mass is 10.2. The van der Waals surface area contributed by atoms with Crippen molar-refractivity contribution in [3.8, 4) is 0 Å². The van der Waals surface area contributed by atoms with Crippen LogP contribution >= 0.6 is 11.3 Å². The van der Waals surface area contributed by atoms with Gasteiger partial charge in [0.25, 0.3) is 0 Å². The van der Waals surface area contributed by atoms with E-state index in [2.05, 4.69) is 18.7 Å². The van der Waals surface area contributed by atoms with Crippen LogP contribution in [0.3, 0.4) is 0 Å². The number of anilines is 1. The molecule has 0 bridgehead atoms. The van der Waals surface area contributed by atoms with E-state index in [9.17, 15) is 0 Å². The average molecular weight is 270 g/mol. The summed E-state index contributed by atoms with van der Waals surface area (Å²) in [5.41, 5.74) is 1.28. The molecular formula is C12H18N2O3S. The van der Waals surface area contributed by atoms with Crippen molar-refractivity contribution in [1.82, 2.24) is 4.98 Å². The molecule has 0 radical (unpaired) electrons. The monoisotopic (exact) mass is 270 g/mol. The van der Waals surface area contributed by atoms with Crippen molar-refractivity contribution in [3.63, 3.8) is 0 Å². The van der Waals surface area contributed by atoms with Crippen LogP contribution in [0, 0.1) is 0 Å². The second-order valence-corrected chi connectivity index (χ2v) is 4.82. The number of aromatic nitrogens is 1. The number of hydrogen-bond donors (Lipinski definition) is 0. The fraction of sp³-hybridized carbons (Fsp3) is 0.667. The highest BCUT2D eigenvalue weighted by Crippen LogP contribution is 2.27. The molecule has 0 unspecified atom stereocenters. The van der Waals surface area contributed by atoms with Crippen LogP contribution in [0.5, 0.6) is 0 Å². The Kier molecular flexibility index (Phi) is 6.57. The molecule has 0 aliphatic carbocycles. The Hall–Kier alpha value is -1.23. The number of carbonyl (C=O) groups excluding carboxylic acids is 2. The van der Waals surface area contributed by atoms with Gasteiger partial charge in [0.05, 0.1) is 18.9 Å². The van der Waals surface area contributed by atoms with E-state index < -0.39 is 0 Å². The second kappa shape index (κ2) is 7.97. The van der Waals surface area contributed by atoms with Crippen LogP contribution in [0.2, 0.25) is 0 Å². The first kappa shape index (κ1) is 14.8. The minimum atomic E-state index is 0.250. The normalized spacial score (nSPS) is 14.7. The quantitative estimate of drug-likeness (QED) is 0.833. The number of thiazole rings is 1. The molecule has 2 rings (SSSR count). The molecule has 2 heterocycles. The highest BCUT2D eigenvalue weighted by Gasteiger charge is 2.16. The van der Waals surface area contributed by atoms with Crippen molar-refractivity contribution in [2.24, 2.45) is 0 Å². The zero-order chi connectivity index (χ0) is 13.4. The molecule has 5 nitrogen and oxygen atoms in total. The Morgan fingerprint density at radius 2 is 1.89 bits per heavy atom. The molecule has 1 saturated heterocycles. The standard InChI is InChI=1S/C11H18N2OS.CO2/c1-3-9-10(4-2)15-11(12-9)13-5-7-14-8-6-13;2-1-3/h3-8H2,1-2H3;. The summed E-state index contributed by atoms with van der Waals surface area (Å²) in [5.74, 6) is 0. The summed E-state index contributed by atoms with van der Waals surface area (Å²) >= 11 is 1.85. The summed E-state index contributed by atoms with van der Waals surface area (Å²) in [4.78, 5) is 24.7. The number of hydrogen-bond acceptors (Lipinski definition) is 6. The molecule has 1 fully saturated rings. The smallest absolute Gasteiger partial charge is 0.373 e. The summed E-state index contributed by atoms with van der Waals surface area (Å²) in [5, 5.41) is 1.19. The Labute approximate surface area is 111 Å². The Morgan fingerprint density at radius 3 is 2.33 bits per heavy atom. The van der Waals surface area contributed by atoms with Crippen LogP contribution in [-0.2, 0) is 27.2 Å². The topological polar surface area (TPSA) is 59.5 Å². The minimum absolute atomic E-state index is 0.250. The lowest BCUT2D eigenvalue weighted by Gasteiger charge is -2.26. The van der Waals surface area contributed by atoms with Gasteiger partial charge >= 0.3 is 6.15 Å². The molecule has 1 aromatic rings. The summed E-state index contributed by atoms with van der Waals surface area (Å²) in [6.07, 6.45) is 2.40. The van der Waals surface area contributed by atoms with E-state index in [1.54, 1.807) is 0 Å². The third-order valence-electron chi connectivity index (χ3n) is 2.70. The van der Waals surface area contributed by atoms with Gasteiger partial charge in [-0.05, 0) is 12.8 Å². The van der Waals surface area contributed by atoms with Crippen molar-refractivity contribution in [2.75, 3.05) is 31.2 Å². The fourth-order valence-corrected chi connectivity index (χ4v) is 2.95. The summed E-state index contributed by atoms with van der Waals surface area (Å²) in [6, 6.07) is 0. The molecule has 1 aromatic heterocycles. The van der Waals surface area contributed by atoms with E-state index in [0.29, 0.717) is 0 Å². The molecule has 0 N–H and O–H groups in total. The molecule has 18 heavy (non-hydrogen) atoms. The first-order chi connectivity index (χ1) is 8.76. The van der Waals surface area contributed by atoms with Crippen LogP contribution in [0.4, 0.5) is 5.13 Å². The van der Waals surface area contributed by atoms with Gasteiger partial charge in [0.2, 0.25) is 0 Å². The van der Waals surface area contributed by atoms with Crippen molar-refractivity contribution in [1.29, 1.82) is 0 Å². The Bertz CT molecular complexity index is 373. The van der Waals surface area contributed by atoms with Crippen molar-refractivity contribution in [2.45, 2.75) is 26.7 Å². The number of nitrogens with zero attached hydrogens (tertiary/aromatic N) is 2. The van der Waals surface area contributed by atoms with Crippen molar-refractivity contribution >= 4 is 22.6 Å². The highest BCUT2D eigenvalue weighted by molar-refractivity contribution is 7.15. The van der Waals surface area contributed by atoms with Gasteiger partial charge in [0.15, 0.2) is 5.13 Å². The number of rotatable bonds is 3. The van der Waals surface area contributed by atoms with Crippen LogP contribution in [-0.4, -0.2) is 37.4 Å². The van der Waals surface area contributed by atoms with E-state index in [1.807, 2.05) is 11.3 Å². The van der Waals surface area contributed by atoms with Gasteiger partial charge < -0.3 is 9.64 Å². The Morgan fingerprint density at radius 1 is 1.28 bits per heavy atom. The Balaban J connectivity index is 0.000000492. The van der Waals surface area contributed by atoms with Gasteiger partial charge in [0, 0.05) is 18.0 Å². The van der Waals surface area contributed by atoms with Gasteiger partial charge in [-0.25, -0.2) is 4.98 Å². The predicted molar refractivity (Wildman–Crippen MR) is 68.9 cm³/mol. The van der Waals surface area contributed by atoms with Gasteiger partial charge in [-0.15, -0.1) is 11.3 Å². The molecule has 1 aliphatic heterocycles. The first-order valence-corrected chi connectivity index (χ1v) is 6.88. The van der Waals surface area contributed by atoms with Gasteiger partial charge in [-0.3, -0.25) is 0 Å². The summed E-state index contributed by atoms with van der Waals surface area (Å²) < 4.78 is 5.35. The molecule has 0 aromatic carbocycles. The summed E-state index contributed by atoms with van der Waals surface area (Å²) in [6.45, 7) is 8.03. The lowest BCUT2D eigenvalue weighted by Crippen LogP contribution is -2.36. The summed E-state index contributed by atoms with van der Waals surface area (Å²) in [7, 11) is 0. The molecule has 1 aliphatic rings. The fourth-order valence-electron chi connectivity index (χ4n) is 1.81. The van der Waals surface area contributed by atoms with Crippen molar-refractivity contribution in [3.05, 3.63) is 10.6 Å². The average Bonchev–Trinajstić information content (AvgIpc) is 2.84. The van der Waals surface area contributed by atoms with Crippen LogP contribution in [0.1, 0.15) is 24.4 Å². The molecular weight excluding hydrogens is 252 g/mol. The first-order valence-electron chi connectivity index (χ1n) is 6.07. The van der Waals surface area contributed by atoms with Crippen LogP contribution in [0.25, 0.3) is 0 Å².